The van der Waals surface area contributed by atoms with Crippen LogP contribution in [0.25, 0.3) is 11.1 Å². The van der Waals surface area contributed by atoms with Crippen LogP contribution in [0.5, 0.6) is 0 Å². The Hall–Kier alpha value is -2.25. The average molecular weight is 294 g/mol. The van der Waals surface area contributed by atoms with Crippen LogP contribution in [-0.4, -0.2) is 0 Å². The summed E-state index contributed by atoms with van der Waals surface area (Å²) in [6.45, 7) is 0. The molecule has 2 N–H and O–H groups in total. The van der Waals surface area contributed by atoms with Gasteiger partial charge in [-0.2, -0.15) is 0 Å². The van der Waals surface area contributed by atoms with E-state index in [1.807, 2.05) is 36.4 Å². The summed E-state index contributed by atoms with van der Waals surface area (Å²) in [5.41, 5.74) is 11.7. The highest BCUT2D eigenvalue weighted by Crippen LogP contribution is 2.30. The van der Waals surface area contributed by atoms with E-state index in [0.29, 0.717) is 0 Å². The van der Waals surface area contributed by atoms with Crippen LogP contribution >= 0.6 is 11.6 Å². The zero-order valence-corrected chi connectivity index (χ0v) is 12.3. The van der Waals surface area contributed by atoms with Crippen LogP contribution in [0.2, 0.25) is 5.02 Å². The number of halogens is 1. The number of hydrogen-bond donors (Lipinski definition) is 1. The van der Waals surface area contributed by atoms with Crippen LogP contribution in [0.15, 0.2) is 72.8 Å². The molecule has 0 aliphatic rings. The van der Waals surface area contributed by atoms with Crippen molar-refractivity contribution in [1.29, 1.82) is 0 Å². The van der Waals surface area contributed by atoms with Crippen molar-refractivity contribution in [1.82, 2.24) is 0 Å². The van der Waals surface area contributed by atoms with Crippen LogP contribution < -0.4 is 5.73 Å². The highest BCUT2D eigenvalue weighted by molar-refractivity contribution is 6.30. The Morgan fingerprint density at radius 3 is 2.05 bits per heavy atom. The van der Waals surface area contributed by atoms with E-state index in [0.717, 1.165) is 22.7 Å². The lowest BCUT2D eigenvalue weighted by Crippen LogP contribution is -1.95. The molecule has 2 heteroatoms. The lowest BCUT2D eigenvalue weighted by atomic mass is 9.94. The van der Waals surface area contributed by atoms with Gasteiger partial charge in [0.25, 0.3) is 0 Å². The fourth-order valence-electron chi connectivity index (χ4n) is 2.50. The number of nitrogen functional groups attached to an aromatic ring is 1. The molecule has 0 amide bonds. The molecule has 0 saturated carbocycles. The molecular weight excluding hydrogens is 278 g/mol. The predicted octanol–water partition coefficient (Wildman–Crippen LogP) is 5.18. The topological polar surface area (TPSA) is 26.0 Å². The summed E-state index contributed by atoms with van der Waals surface area (Å²) in [6, 6.07) is 24.3. The molecule has 0 saturated heterocycles. The van der Waals surface area contributed by atoms with E-state index in [1.165, 1.54) is 16.7 Å². The minimum atomic E-state index is 0.763. The van der Waals surface area contributed by atoms with Gasteiger partial charge in [-0.3, -0.25) is 0 Å². The first-order chi connectivity index (χ1) is 10.2. The summed E-state index contributed by atoms with van der Waals surface area (Å²) in [5, 5.41) is 0.763. The van der Waals surface area contributed by atoms with E-state index in [2.05, 4.69) is 36.4 Å². The Morgan fingerprint density at radius 1 is 0.714 bits per heavy atom. The standard InChI is InChI=1S/C19H16ClN/c20-16-11-9-14(10-12-16)13-15-5-1-2-6-17(15)18-7-3-4-8-19(18)21/h1-12H,13,21H2. The van der Waals surface area contributed by atoms with E-state index in [-0.39, 0.29) is 0 Å². The number of rotatable bonds is 3. The highest BCUT2D eigenvalue weighted by atomic mass is 35.5. The van der Waals surface area contributed by atoms with Gasteiger partial charge < -0.3 is 5.73 Å². The highest BCUT2D eigenvalue weighted by Gasteiger charge is 2.07. The first kappa shape index (κ1) is 13.7. The molecule has 3 rings (SSSR count). The molecule has 0 aromatic heterocycles. The van der Waals surface area contributed by atoms with Crippen molar-refractivity contribution < 1.29 is 0 Å². The molecule has 0 spiro atoms. The van der Waals surface area contributed by atoms with Crippen LogP contribution in [0, 0.1) is 0 Å². The molecule has 21 heavy (non-hydrogen) atoms. The third-order valence-corrected chi connectivity index (χ3v) is 3.83. The molecule has 0 bridgehead atoms. The quantitative estimate of drug-likeness (QED) is 0.662. The second-order valence-corrected chi connectivity index (χ2v) is 5.48. The zero-order valence-electron chi connectivity index (χ0n) is 11.6. The molecule has 0 fully saturated rings. The smallest absolute Gasteiger partial charge is 0.0406 e. The summed E-state index contributed by atoms with van der Waals surface area (Å²) in [6.07, 6.45) is 0.863. The van der Waals surface area contributed by atoms with Crippen molar-refractivity contribution in [2.45, 2.75) is 6.42 Å². The predicted molar refractivity (Wildman–Crippen MR) is 90.5 cm³/mol. The van der Waals surface area contributed by atoms with Gasteiger partial charge in [-0.05, 0) is 41.3 Å². The molecule has 0 aliphatic carbocycles. The summed E-state index contributed by atoms with van der Waals surface area (Å²) in [4.78, 5) is 0. The van der Waals surface area contributed by atoms with Crippen LogP contribution in [0.1, 0.15) is 11.1 Å². The van der Waals surface area contributed by atoms with Gasteiger partial charge in [0.15, 0.2) is 0 Å². The van der Waals surface area contributed by atoms with Crippen molar-refractivity contribution >= 4 is 17.3 Å². The van der Waals surface area contributed by atoms with Crippen LogP contribution in [0.3, 0.4) is 0 Å². The monoisotopic (exact) mass is 293 g/mol. The van der Waals surface area contributed by atoms with E-state index in [4.69, 9.17) is 17.3 Å². The van der Waals surface area contributed by atoms with Crippen molar-refractivity contribution in [2.24, 2.45) is 0 Å². The Balaban J connectivity index is 2.00. The van der Waals surface area contributed by atoms with Crippen LogP contribution in [-0.2, 0) is 6.42 Å². The molecule has 0 heterocycles. The summed E-state index contributed by atoms with van der Waals surface area (Å²) >= 11 is 5.95. The molecule has 104 valence electrons. The molecule has 0 radical (unpaired) electrons. The van der Waals surface area contributed by atoms with E-state index < -0.39 is 0 Å². The number of para-hydroxylation sites is 1. The molecule has 1 nitrogen and oxygen atoms in total. The second-order valence-electron chi connectivity index (χ2n) is 5.05. The Bertz CT molecular complexity index is 748. The minimum absolute atomic E-state index is 0.763. The van der Waals surface area contributed by atoms with Gasteiger partial charge in [0, 0.05) is 16.3 Å². The lowest BCUT2D eigenvalue weighted by molar-refractivity contribution is 1.20. The lowest BCUT2D eigenvalue weighted by Gasteiger charge is -2.12. The summed E-state index contributed by atoms with van der Waals surface area (Å²) in [7, 11) is 0. The van der Waals surface area contributed by atoms with Crippen molar-refractivity contribution in [3.05, 3.63) is 88.9 Å². The van der Waals surface area contributed by atoms with Gasteiger partial charge in [-0.15, -0.1) is 0 Å². The molecule has 0 unspecified atom stereocenters. The maximum Gasteiger partial charge on any atom is 0.0406 e. The van der Waals surface area contributed by atoms with E-state index in [1.54, 1.807) is 0 Å². The van der Waals surface area contributed by atoms with Crippen molar-refractivity contribution in [3.8, 4) is 11.1 Å². The van der Waals surface area contributed by atoms with Crippen molar-refractivity contribution in [3.63, 3.8) is 0 Å². The molecule has 3 aromatic rings. The number of anilines is 1. The van der Waals surface area contributed by atoms with Gasteiger partial charge in [-0.1, -0.05) is 66.2 Å². The first-order valence-electron chi connectivity index (χ1n) is 6.91. The summed E-state index contributed by atoms with van der Waals surface area (Å²) in [5.74, 6) is 0. The maximum absolute atomic E-state index is 6.12. The molecule has 0 aliphatic heterocycles. The van der Waals surface area contributed by atoms with Crippen LogP contribution in [0.4, 0.5) is 5.69 Å². The molecule has 3 aromatic carbocycles. The third-order valence-electron chi connectivity index (χ3n) is 3.58. The van der Waals surface area contributed by atoms with Gasteiger partial charge in [0.05, 0.1) is 0 Å². The molecular formula is C19H16ClN. The zero-order chi connectivity index (χ0) is 14.7. The number of benzene rings is 3. The van der Waals surface area contributed by atoms with E-state index >= 15 is 0 Å². The maximum atomic E-state index is 6.12. The second kappa shape index (κ2) is 6.02. The fourth-order valence-corrected chi connectivity index (χ4v) is 2.63. The average Bonchev–Trinajstić information content (AvgIpc) is 2.51. The van der Waals surface area contributed by atoms with Gasteiger partial charge in [0.1, 0.15) is 0 Å². The van der Waals surface area contributed by atoms with E-state index in [9.17, 15) is 0 Å². The van der Waals surface area contributed by atoms with Crippen molar-refractivity contribution in [2.75, 3.05) is 5.73 Å². The number of nitrogens with two attached hydrogens (primary N) is 1. The normalized spacial score (nSPS) is 10.5. The minimum Gasteiger partial charge on any atom is -0.398 e. The Morgan fingerprint density at radius 2 is 1.33 bits per heavy atom. The Labute approximate surface area is 130 Å². The number of hydrogen-bond acceptors (Lipinski definition) is 1. The fraction of sp³-hybridized carbons (Fsp3) is 0.0526. The van der Waals surface area contributed by atoms with Gasteiger partial charge in [-0.25, -0.2) is 0 Å². The SMILES string of the molecule is Nc1ccccc1-c1ccccc1Cc1ccc(Cl)cc1. The molecule has 0 atom stereocenters. The third kappa shape index (κ3) is 3.09. The van der Waals surface area contributed by atoms with Gasteiger partial charge >= 0.3 is 0 Å². The van der Waals surface area contributed by atoms with Gasteiger partial charge in [0.2, 0.25) is 0 Å². The largest absolute Gasteiger partial charge is 0.398 e. The summed E-state index contributed by atoms with van der Waals surface area (Å²) < 4.78 is 0. The Kier molecular flexibility index (Phi) is 3.94. The first-order valence-corrected chi connectivity index (χ1v) is 7.29.